The van der Waals surface area contributed by atoms with E-state index < -0.39 is 36.9 Å². The molecule has 2 atom stereocenters. The van der Waals surface area contributed by atoms with Crippen LogP contribution < -0.4 is 0 Å². The number of hydrogen-bond acceptors (Lipinski definition) is 5. The van der Waals surface area contributed by atoms with Crippen molar-refractivity contribution in [3.63, 3.8) is 0 Å². The molecule has 0 spiro atoms. The van der Waals surface area contributed by atoms with Crippen molar-refractivity contribution < 1.29 is 37.3 Å². The molecule has 1 saturated heterocycles. The van der Waals surface area contributed by atoms with Crippen LogP contribution in [-0.4, -0.2) is 35.6 Å². The van der Waals surface area contributed by atoms with Gasteiger partial charge in [-0.15, -0.1) is 0 Å². The van der Waals surface area contributed by atoms with Crippen LogP contribution in [0.2, 0.25) is 0 Å². The van der Waals surface area contributed by atoms with Gasteiger partial charge >= 0.3 is 18.1 Å². The first-order valence-electron chi connectivity index (χ1n) is 3.47. The van der Waals surface area contributed by atoms with Crippen LogP contribution in [0.4, 0.5) is 13.2 Å². The summed E-state index contributed by atoms with van der Waals surface area (Å²) >= 11 is 0. The van der Waals surface area contributed by atoms with Crippen LogP contribution in [0.3, 0.4) is 0 Å². The van der Waals surface area contributed by atoms with Crippen LogP contribution >= 0.6 is 0 Å². The quantitative estimate of drug-likeness (QED) is 0.608. The Morgan fingerprint density at radius 3 is 2.50 bits per heavy atom. The van der Waals surface area contributed by atoms with Gasteiger partial charge in [-0.3, -0.25) is 0 Å². The van der Waals surface area contributed by atoms with Gasteiger partial charge < -0.3 is 14.6 Å². The van der Waals surface area contributed by atoms with E-state index in [0.29, 0.717) is 0 Å². The number of aliphatic hydroxyl groups excluding tert-OH is 1. The summed E-state index contributed by atoms with van der Waals surface area (Å²) < 4.78 is 42.7. The fourth-order valence-electron chi connectivity index (χ4n) is 0.830. The normalized spacial score (nSPS) is 27.3. The molecule has 8 heteroatoms. The number of rotatable bonds is 1. The zero-order valence-corrected chi connectivity index (χ0v) is 6.58. The highest BCUT2D eigenvalue weighted by atomic mass is 19.4. The van der Waals surface area contributed by atoms with Crippen molar-refractivity contribution in [3.05, 3.63) is 0 Å². The minimum atomic E-state index is -5.16. The molecule has 14 heavy (non-hydrogen) atoms. The Bertz CT molecular complexity index is 261. The summed E-state index contributed by atoms with van der Waals surface area (Å²) in [4.78, 5) is 20.9. The zero-order chi connectivity index (χ0) is 10.9. The Hall–Kier alpha value is -1.31. The average Bonchev–Trinajstić information content (AvgIpc) is 2.28. The third-order valence-corrected chi connectivity index (χ3v) is 1.41. The SMILES string of the molecule is O=C1OC(O)C[C@H]1OC(=O)C(F)(F)F. The molecule has 0 amide bonds. The minimum Gasteiger partial charge on any atom is -0.443 e. The predicted molar refractivity (Wildman–Crippen MR) is 32.7 cm³/mol. The number of cyclic esters (lactones) is 1. The van der Waals surface area contributed by atoms with Crippen molar-refractivity contribution in [2.75, 3.05) is 0 Å². The van der Waals surface area contributed by atoms with E-state index in [1.165, 1.54) is 0 Å². The van der Waals surface area contributed by atoms with E-state index in [1.54, 1.807) is 0 Å². The highest BCUT2D eigenvalue weighted by Crippen LogP contribution is 2.22. The molecular weight excluding hydrogens is 209 g/mol. The Morgan fingerprint density at radius 1 is 1.57 bits per heavy atom. The van der Waals surface area contributed by atoms with Crippen molar-refractivity contribution in [1.29, 1.82) is 0 Å². The van der Waals surface area contributed by atoms with E-state index >= 15 is 0 Å². The summed E-state index contributed by atoms with van der Waals surface area (Å²) in [5.74, 6) is -3.66. The van der Waals surface area contributed by atoms with Gasteiger partial charge in [0.15, 0.2) is 0 Å². The minimum absolute atomic E-state index is 0.485. The van der Waals surface area contributed by atoms with Crippen molar-refractivity contribution in [1.82, 2.24) is 0 Å². The standard InChI is InChI=1S/C6H5F3O5/c7-6(8,9)5(12)13-2-1-3(10)14-4(2)11/h2-3,10H,1H2/t2-,3?/m1/s1. The van der Waals surface area contributed by atoms with Gasteiger partial charge in [-0.25, -0.2) is 9.59 Å². The number of carbonyl (C=O) groups is 2. The summed E-state index contributed by atoms with van der Waals surface area (Å²) in [6.07, 6.45) is -8.85. The Kier molecular flexibility index (Phi) is 2.65. The van der Waals surface area contributed by atoms with Gasteiger partial charge in [0.25, 0.3) is 0 Å². The second-order valence-corrected chi connectivity index (χ2v) is 2.52. The number of ether oxygens (including phenoxy) is 2. The average molecular weight is 214 g/mol. The van der Waals surface area contributed by atoms with E-state index in [0.717, 1.165) is 0 Å². The lowest BCUT2D eigenvalue weighted by atomic mass is 10.3. The van der Waals surface area contributed by atoms with E-state index in [1.807, 2.05) is 0 Å². The van der Waals surface area contributed by atoms with Crippen molar-refractivity contribution in [2.45, 2.75) is 25.0 Å². The predicted octanol–water partition coefficient (Wildman–Crippen LogP) is -0.274. The Morgan fingerprint density at radius 2 is 2.14 bits per heavy atom. The second kappa shape index (κ2) is 3.45. The molecule has 1 fully saturated rings. The lowest BCUT2D eigenvalue weighted by Gasteiger charge is -2.09. The van der Waals surface area contributed by atoms with Gasteiger partial charge in [0.2, 0.25) is 12.4 Å². The first-order chi connectivity index (χ1) is 6.30. The van der Waals surface area contributed by atoms with Gasteiger partial charge in [-0.1, -0.05) is 0 Å². The fourth-order valence-corrected chi connectivity index (χ4v) is 0.830. The lowest BCUT2D eigenvalue weighted by molar-refractivity contribution is -0.205. The highest BCUT2D eigenvalue weighted by molar-refractivity contribution is 5.82. The van der Waals surface area contributed by atoms with E-state index in [2.05, 4.69) is 9.47 Å². The smallest absolute Gasteiger partial charge is 0.443 e. The maximum Gasteiger partial charge on any atom is 0.490 e. The van der Waals surface area contributed by atoms with Crippen LogP contribution in [0.15, 0.2) is 0 Å². The zero-order valence-electron chi connectivity index (χ0n) is 6.58. The van der Waals surface area contributed by atoms with Crippen LogP contribution in [0.5, 0.6) is 0 Å². The second-order valence-electron chi connectivity index (χ2n) is 2.52. The number of alkyl halides is 3. The van der Waals surface area contributed by atoms with Gasteiger partial charge in [0.1, 0.15) is 0 Å². The van der Waals surface area contributed by atoms with Crippen molar-refractivity contribution in [3.8, 4) is 0 Å². The molecule has 1 N–H and O–H groups in total. The highest BCUT2D eigenvalue weighted by Gasteiger charge is 2.46. The maximum absolute atomic E-state index is 11.6. The van der Waals surface area contributed by atoms with Crippen molar-refractivity contribution in [2.24, 2.45) is 0 Å². The molecule has 1 aliphatic rings. The lowest BCUT2D eigenvalue weighted by Crippen LogP contribution is -2.32. The number of carbonyl (C=O) groups excluding carboxylic acids is 2. The van der Waals surface area contributed by atoms with E-state index in [9.17, 15) is 22.8 Å². The summed E-state index contributed by atoms with van der Waals surface area (Å²) in [5, 5.41) is 8.67. The number of halogens is 3. The summed E-state index contributed by atoms with van der Waals surface area (Å²) in [6, 6.07) is 0. The largest absolute Gasteiger partial charge is 0.490 e. The van der Waals surface area contributed by atoms with Gasteiger partial charge in [-0.05, 0) is 0 Å². The molecule has 1 aliphatic heterocycles. The molecule has 1 unspecified atom stereocenters. The van der Waals surface area contributed by atoms with E-state index in [4.69, 9.17) is 5.11 Å². The Labute approximate surface area is 75.4 Å². The van der Waals surface area contributed by atoms with Gasteiger partial charge in [0, 0.05) is 0 Å². The molecule has 5 nitrogen and oxygen atoms in total. The first kappa shape index (κ1) is 10.8. The summed E-state index contributed by atoms with van der Waals surface area (Å²) in [6.45, 7) is 0. The van der Waals surface area contributed by atoms with Gasteiger partial charge in [0.05, 0.1) is 6.42 Å². The van der Waals surface area contributed by atoms with Crippen LogP contribution in [-0.2, 0) is 19.1 Å². The summed E-state index contributed by atoms with van der Waals surface area (Å²) in [5.41, 5.74) is 0. The Balaban J connectivity index is 2.54. The molecule has 0 bridgehead atoms. The molecule has 80 valence electrons. The van der Waals surface area contributed by atoms with Crippen LogP contribution in [0, 0.1) is 0 Å². The molecule has 1 heterocycles. The number of hydrogen-bond donors (Lipinski definition) is 1. The number of esters is 2. The molecule has 0 aliphatic carbocycles. The number of aliphatic hydroxyl groups is 1. The van der Waals surface area contributed by atoms with Crippen LogP contribution in [0.1, 0.15) is 6.42 Å². The molecule has 0 aromatic heterocycles. The topological polar surface area (TPSA) is 72.8 Å². The van der Waals surface area contributed by atoms with Crippen molar-refractivity contribution >= 4 is 11.9 Å². The molecular formula is C6H5F3O5. The van der Waals surface area contributed by atoms with E-state index in [-0.39, 0.29) is 0 Å². The molecule has 0 aromatic carbocycles. The molecule has 0 radical (unpaired) electrons. The summed E-state index contributed by atoms with van der Waals surface area (Å²) in [7, 11) is 0. The van der Waals surface area contributed by atoms with Crippen LogP contribution in [0.25, 0.3) is 0 Å². The maximum atomic E-state index is 11.6. The monoisotopic (exact) mass is 214 g/mol. The molecule has 1 rings (SSSR count). The third kappa shape index (κ3) is 2.34. The molecule has 0 saturated carbocycles. The van der Waals surface area contributed by atoms with Gasteiger partial charge in [-0.2, -0.15) is 13.2 Å². The third-order valence-electron chi connectivity index (χ3n) is 1.41. The fraction of sp³-hybridized carbons (Fsp3) is 0.667. The molecule has 0 aromatic rings. The first-order valence-corrected chi connectivity index (χ1v) is 3.47.